The van der Waals surface area contributed by atoms with Crippen LogP contribution in [-0.4, -0.2) is 150 Å². The molecular weight excluding hydrogens is 992 g/mol. The Bertz CT molecular complexity index is 2670. The predicted molar refractivity (Wildman–Crippen MR) is 293 cm³/mol. The second-order valence-corrected chi connectivity index (χ2v) is 21.2. The van der Waals surface area contributed by atoms with Crippen molar-refractivity contribution in [1.29, 1.82) is 0 Å². The number of carbonyl (C=O) groups is 4. The zero-order chi connectivity index (χ0) is 53.3. The van der Waals surface area contributed by atoms with Crippen molar-refractivity contribution < 1.29 is 43.6 Å². The summed E-state index contributed by atoms with van der Waals surface area (Å²) in [7, 11) is 0. The molecule has 0 aliphatic carbocycles. The summed E-state index contributed by atoms with van der Waals surface area (Å²) < 4.78 is 17.5. The molecule has 0 bridgehead atoms. The summed E-state index contributed by atoms with van der Waals surface area (Å²) in [6, 6.07) is 31.6. The number of ether oxygens (including phenoxy) is 3. The molecule has 400 valence electrons. The molecule has 15 nitrogen and oxygen atoms in total. The monoisotopic (exact) mass is 1060 g/mol. The van der Waals surface area contributed by atoms with Gasteiger partial charge >= 0.3 is 0 Å². The van der Waals surface area contributed by atoms with Crippen molar-refractivity contribution in [2.45, 2.75) is 78.1 Å². The molecule has 4 amide bonds. The minimum atomic E-state index is -0.945. The molecule has 2 saturated heterocycles. The number of β-amino-alcohol motifs (C(OH)–C–C–N with tert-alkyl or cyclic N) is 1. The number of hydrogen-bond donors (Lipinski definition) is 4. The van der Waals surface area contributed by atoms with Crippen LogP contribution < -0.4 is 15.4 Å². The Hall–Kier alpha value is -6.14. The molecule has 0 saturated carbocycles. The number of nitrogens with one attached hydrogen (secondary N) is 2. The number of aryl methyl sites for hydroxylation is 1. The van der Waals surface area contributed by atoms with E-state index in [0.717, 1.165) is 74.9 Å². The molecule has 4 N–H and O–H groups in total. The molecular formula is C58H71ClN6O9S. The molecule has 75 heavy (non-hydrogen) atoms. The van der Waals surface area contributed by atoms with E-state index in [1.165, 1.54) is 4.90 Å². The lowest BCUT2D eigenvalue weighted by molar-refractivity contribution is -0.144. The minimum Gasteiger partial charge on any atom is -0.508 e. The molecule has 3 atom stereocenters. The first-order valence-corrected chi connectivity index (χ1v) is 27.2. The number of alkyl halides is 1. The number of phenolic OH excluding ortho intramolecular Hbond substituents is 1. The van der Waals surface area contributed by atoms with Gasteiger partial charge in [-0.25, -0.2) is 4.98 Å². The Balaban J connectivity index is 0.761. The zero-order valence-electron chi connectivity index (χ0n) is 43.5. The third kappa shape index (κ3) is 16.2. The van der Waals surface area contributed by atoms with Crippen LogP contribution in [0.5, 0.6) is 11.5 Å². The quantitative estimate of drug-likeness (QED) is 0.0272. The first kappa shape index (κ1) is 56.6. The number of amides is 4. The smallest absolute Gasteiger partial charge is 0.246 e. The van der Waals surface area contributed by atoms with Crippen LogP contribution in [0.3, 0.4) is 0 Å². The van der Waals surface area contributed by atoms with E-state index in [-0.39, 0.29) is 82.3 Å². The molecule has 1 unspecified atom stereocenters. The highest BCUT2D eigenvalue weighted by Gasteiger charge is 2.44. The fourth-order valence-corrected chi connectivity index (χ4v) is 10.3. The van der Waals surface area contributed by atoms with Gasteiger partial charge in [0.2, 0.25) is 23.6 Å². The summed E-state index contributed by atoms with van der Waals surface area (Å²) >= 11 is 7.89. The first-order chi connectivity index (χ1) is 36.2. The van der Waals surface area contributed by atoms with Crippen LogP contribution in [0.15, 0.2) is 109 Å². The molecule has 4 aromatic carbocycles. The molecule has 1 aromatic heterocycles. The summed E-state index contributed by atoms with van der Waals surface area (Å²) in [6.07, 6.45) is 0.161. The number of hydrogen-bond acceptors (Lipinski definition) is 12. The minimum absolute atomic E-state index is 0.00505. The van der Waals surface area contributed by atoms with Gasteiger partial charge in [-0.1, -0.05) is 99.6 Å². The molecule has 0 spiro atoms. The topological polar surface area (TPSA) is 183 Å². The SMILES string of the molecule is Cc1ncsc1-c1ccc(CNC(=O)[C@@H]2C[C@@H](O)CN2C(=O)C(NC(=O)CCOCCOCCC(=O)N2CCN(CCOc3ccc(C(=C(CCCl)c4ccccc4)c4ccc(O)cc4)cc3)CC2)C(C)(C)C)cc1. The summed E-state index contributed by atoms with van der Waals surface area (Å²) in [5.74, 6) is 0.298. The summed E-state index contributed by atoms with van der Waals surface area (Å²) in [6.45, 7) is 12.6. The van der Waals surface area contributed by atoms with Gasteiger partial charge in [-0.2, -0.15) is 0 Å². The maximum Gasteiger partial charge on any atom is 0.246 e. The van der Waals surface area contributed by atoms with Crippen molar-refractivity contribution in [2.24, 2.45) is 5.41 Å². The fourth-order valence-electron chi connectivity index (χ4n) is 9.34. The van der Waals surface area contributed by atoms with Crippen molar-refractivity contribution in [1.82, 2.24) is 30.3 Å². The number of aliphatic hydroxyl groups is 1. The number of nitrogens with zero attached hydrogens (tertiary/aromatic N) is 4. The van der Waals surface area contributed by atoms with Crippen molar-refractivity contribution >= 4 is 57.7 Å². The van der Waals surface area contributed by atoms with Crippen LogP contribution in [0.2, 0.25) is 0 Å². The van der Waals surface area contributed by atoms with Crippen molar-refractivity contribution in [3.63, 3.8) is 0 Å². The van der Waals surface area contributed by atoms with E-state index in [1.54, 1.807) is 23.5 Å². The molecule has 0 radical (unpaired) electrons. The molecule has 3 heterocycles. The van der Waals surface area contributed by atoms with Gasteiger partial charge in [0.1, 0.15) is 30.2 Å². The highest BCUT2D eigenvalue weighted by atomic mass is 35.5. The van der Waals surface area contributed by atoms with Crippen LogP contribution in [0.1, 0.15) is 74.4 Å². The largest absolute Gasteiger partial charge is 0.508 e. The summed E-state index contributed by atoms with van der Waals surface area (Å²) in [4.78, 5) is 64.5. The number of allylic oxidation sites excluding steroid dienone is 1. The molecule has 2 fully saturated rings. The maximum atomic E-state index is 14.0. The normalized spacial score (nSPS) is 16.8. The number of aromatic hydroxyl groups is 1. The highest BCUT2D eigenvalue weighted by molar-refractivity contribution is 7.13. The number of aromatic nitrogens is 1. The van der Waals surface area contributed by atoms with E-state index >= 15 is 0 Å². The van der Waals surface area contributed by atoms with E-state index in [1.807, 2.05) is 105 Å². The number of carbonyl (C=O) groups excluding carboxylic acids is 4. The Morgan fingerprint density at radius 3 is 2.08 bits per heavy atom. The molecule has 2 aliphatic heterocycles. The molecule has 7 rings (SSSR count). The van der Waals surface area contributed by atoms with Crippen LogP contribution in [0.25, 0.3) is 21.6 Å². The Kier molecular flexibility index (Phi) is 20.8. The van der Waals surface area contributed by atoms with Gasteiger partial charge in [0, 0.05) is 64.5 Å². The van der Waals surface area contributed by atoms with Crippen LogP contribution in [0.4, 0.5) is 0 Å². The van der Waals surface area contributed by atoms with Gasteiger partial charge in [-0.3, -0.25) is 24.1 Å². The standard InChI is InChI=1S/C58H71ClN6O9S/c1-40-54(75-39-61-40)45-12-10-41(11-13-45)37-60-56(70)50-36-47(67)38-65(50)57(71)55(58(2,3)4)62-51(68)23-31-72-34-35-73-32-24-52(69)64-28-26-63(27-29-64)30-33-74-48-20-16-44(17-21-48)53(43-14-18-46(66)19-15-43)49(22-25-59)42-8-6-5-7-9-42/h5-21,39,47,50,55,66-67H,22-38H2,1-4H3,(H,60,70)(H,62,68)/t47-,50+,55?/m1/s1. The van der Waals surface area contributed by atoms with Crippen LogP contribution in [-0.2, 0) is 35.2 Å². The van der Waals surface area contributed by atoms with Gasteiger partial charge in [0.25, 0.3) is 0 Å². The number of thiazole rings is 1. The van der Waals surface area contributed by atoms with Gasteiger partial charge < -0.3 is 44.9 Å². The average Bonchev–Trinajstić information content (AvgIpc) is 4.03. The number of aliphatic hydroxyl groups excluding tert-OH is 1. The van der Waals surface area contributed by atoms with E-state index < -0.39 is 29.5 Å². The van der Waals surface area contributed by atoms with E-state index in [0.29, 0.717) is 32.0 Å². The van der Waals surface area contributed by atoms with Gasteiger partial charge in [0.15, 0.2) is 0 Å². The number of likely N-dealkylation sites (tertiary alicyclic amines) is 1. The second kappa shape index (κ2) is 27.6. The second-order valence-electron chi connectivity index (χ2n) is 20.0. The zero-order valence-corrected chi connectivity index (χ0v) is 45.0. The van der Waals surface area contributed by atoms with Crippen LogP contribution in [0, 0.1) is 12.3 Å². The number of phenols is 1. The van der Waals surface area contributed by atoms with Gasteiger partial charge in [-0.15, -0.1) is 22.9 Å². The third-order valence-corrected chi connectivity index (χ3v) is 14.7. The number of halogens is 1. The molecule has 2 aliphatic rings. The highest BCUT2D eigenvalue weighted by Crippen LogP contribution is 2.36. The Labute approximate surface area is 449 Å². The summed E-state index contributed by atoms with van der Waals surface area (Å²) in [5, 5.41) is 26.4. The number of piperazine rings is 1. The van der Waals surface area contributed by atoms with Crippen molar-refractivity contribution in [3.8, 4) is 21.9 Å². The Morgan fingerprint density at radius 2 is 1.45 bits per heavy atom. The molecule has 17 heteroatoms. The van der Waals surface area contributed by atoms with Gasteiger partial charge in [0.05, 0.1) is 55.0 Å². The lowest BCUT2D eigenvalue weighted by Gasteiger charge is -2.35. The first-order valence-electron chi connectivity index (χ1n) is 25.8. The van der Waals surface area contributed by atoms with Crippen molar-refractivity contribution in [2.75, 3.05) is 78.2 Å². The fraction of sp³-hybridized carbons (Fsp3) is 0.431. The maximum absolute atomic E-state index is 14.0. The van der Waals surface area contributed by atoms with E-state index in [2.05, 4.69) is 44.8 Å². The average molecular weight is 1060 g/mol. The van der Waals surface area contributed by atoms with Gasteiger partial charge in [-0.05, 0) is 82.0 Å². The Morgan fingerprint density at radius 1 is 0.800 bits per heavy atom. The molecule has 5 aromatic rings. The lowest BCUT2D eigenvalue weighted by atomic mass is 9.85. The third-order valence-electron chi connectivity index (χ3n) is 13.5. The van der Waals surface area contributed by atoms with Crippen molar-refractivity contribution in [3.05, 3.63) is 137 Å². The van der Waals surface area contributed by atoms with E-state index in [9.17, 15) is 29.4 Å². The van der Waals surface area contributed by atoms with E-state index in [4.69, 9.17) is 25.8 Å². The lowest BCUT2D eigenvalue weighted by Crippen LogP contribution is -2.57. The predicted octanol–water partition coefficient (Wildman–Crippen LogP) is 7.56. The number of rotatable bonds is 24. The van der Waals surface area contributed by atoms with Crippen LogP contribution >= 0.6 is 22.9 Å². The number of benzene rings is 4. The summed E-state index contributed by atoms with van der Waals surface area (Å²) in [5.41, 5.74) is 9.31.